The highest BCUT2D eigenvalue weighted by molar-refractivity contribution is 9.10. The van der Waals surface area contributed by atoms with Crippen LogP contribution in [0.5, 0.6) is 0 Å². The number of nitrogens with one attached hydrogen (secondary N) is 2. The Kier molecular flexibility index (Phi) is 6.01. The van der Waals surface area contributed by atoms with Gasteiger partial charge in [-0.15, -0.1) is 0 Å². The smallest absolute Gasteiger partial charge is 0.335 e. The van der Waals surface area contributed by atoms with Gasteiger partial charge in [0.1, 0.15) is 0 Å². The predicted octanol–water partition coefficient (Wildman–Crippen LogP) is 3.70. The molecule has 6 heteroatoms. The van der Waals surface area contributed by atoms with Gasteiger partial charge in [0.15, 0.2) is 0 Å². The van der Waals surface area contributed by atoms with Gasteiger partial charge in [-0.05, 0) is 47.0 Å². The first-order chi connectivity index (χ1) is 9.35. The Morgan fingerprint density at radius 2 is 2.00 bits per heavy atom. The fourth-order valence-electron chi connectivity index (χ4n) is 1.61. The van der Waals surface area contributed by atoms with Crippen LogP contribution in [-0.4, -0.2) is 23.1 Å². The van der Waals surface area contributed by atoms with E-state index in [1.165, 1.54) is 12.1 Å². The Bertz CT molecular complexity index is 505. The third-order valence-corrected chi connectivity index (χ3v) is 3.98. The standard InChI is InChI=1S/C14H19BrN2O3/c1-4-8(2)9(3)16-14(20)17-12-6-5-10(13(18)19)7-11(12)15/h5-9H,4H2,1-3H3,(H,18,19)(H2,16,17,20). The van der Waals surface area contributed by atoms with Crippen molar-refractivity contribution in [1.29, 1.82) is 0 Å². The lowest BCUT2D eigenvalue weighted by Gasteiger charge is -2.20. The highest BCUT2D eigenvalue weighted by Gasteiger charge is 2.14. The number of anilines is 1. The molecule has 2 unspecified atom stereocenters. The van der Waals surface area contributed by atoms with Gasteiger partial charge in [-0.2, -0.15) is 0 Å². The molecule has 0 radical (unpaired) electrons. The first-order valence-electron chi connectivity index (χ1n) is 6.45. The summed E-state index contributed by atoms with van der Waals surface area (Å²) in [5.74, 6) is -0.620. The van der Waals surface area contributed by atoms with Crippen molar-refractivity contribution >= 4 is 33.6 Å². The number of carbonyl (C=O) groups excluding carboxylic acids is 1. The lowest BCUT2D eigenvalue weighted by Crippen LogP contribution is -2.39. The van der Waals surface area contributed by atoms with E-state index in [2.05, 4.69) is 40.4 Å². The zero-order chi connectivity index (χ0) is 15.3. The fourth-order valence-corrected chi connectivity index (χ4v) is 2.09. The molecule has 1 aromatic carbocycles. The zero-order valence-electron chi connectivity index (χ0n) is 11.7. The van der Waals surface area contributed by atoms with Gasteiger partial charge in [0, 0.05) is 10.5 Å². The van der Waals surface area contributed by atoms with E-state index in [0.717, 1.165) is 6.42 Å². The molecule has 0 aliphatic rings. The average molecular weight is 343 g/mol. The zero-order valence-corrected chi connectivity index (χ0v) is 13.3. The van der Waals surface area contributed by atoms with Crippen molar-refractivity contribution in [3.05, 3.63) is 28.2 Å². The number of hydrogen-bond acceptors (Lipinski definition) is 2. The van der Waals surface area contributed by atoms with Crippen molar-refractivity contribution in [3.63, 3.8) is 0 Å². The largest absolute Gasteiger partial charge is 0.478 e. The van der Waals surface area contributed by atoms with Crippen LogP contribution in [0, 0.1) is 5.92 Å². The van der Waals surface area contributed by atoms with E-state index < -0.39 is 5.97 Å². The van der Waals surface area contributed by atoms with E-state index in [0.29, 0.717) is 16.1 Å². The van der Waals surface area contributed by atoms with E-state index in [1.807, 2.05) is 6.92 Å². The number of urea groups is 1. The Hall–Kier alpha value is -1.56. The molecule has 5 nitrogen and oxygen atoms in total. The van der Waals surface area contributed by atoms with Crippen molar-refractivity contribution < 1.29 is 14.7 Å². The Morgan fingerprint density at radius 3 is 2.50 bits per heavy atom. The molecule has 0 bridgehead atoms. The second kappa shape index (κ2) is 7.28. The molecule has 0 saturated heterocycles. The lowest BCUT2D eigenvalue weighted by molar-refractivity contribution is 0.0697. The van der Waals surface area contributed by atoms with Gasteiger partial charge < -0.3 is 15.7 Å². The molecule has 0 aliphatic carbocycles. The van der Waals surface area contributed by atoms with Crippen molar-refractivity contribution in [2.75, 3.05) is 5.32 Å². The van der Waals surface area contributed by atoms with Gasteiger partial charge in [-0.1, -0.05) is 20.3 Å². The number of hydrogen-bond donors (Lipinski definition) is 3. The van der Waals surface area contributed by atoms with E-state index in [9.17, 15) is 9.59 Å². The first-order valence-corrected chi connectivity index (χ1v) is 7.24. The van der Waals surface area contributed by atoms with Crippen LogP contribution in [-0.2, 0) is 0 Å². The van der Waals surface area contributed by atoms with Crippen LogP contribution in [0.4, 0.5) is 10.5 Å². The van der Waals surface area contributed by atoms with Crippen LogP contribution in [0.25, 0.3) is 0 Å². The van der Waals surface area contributed by atoms with Crippen LogP contribution in [0.2, 0.25) is 0 Å². The van der Waals surface area contributed by atoms with E-state index >= 15 is 0 Å². The number of amides is 2. The number of halogens is 1. The fraction of sp³-hybridized carbons (Fsp3) is 0.429. The van der Waals surface area contributed by atoms with Crippen LogP contribution in [0.1, 0.15) is 37.6 Å². The Morgan fingerprint density at radius 1 is 1.35 bits per heavy atom. The molecule has 0 spiro atoms. The van der Waals surface area contributed by atoms with Gasteiger partial charge >= 0.3 is 12.0 Å². The summed E-state index contributed by atoms with van der Waals surface area (Å²) in [4.78, 5) is 22.7. The maximum atomic E-state index is 11.9. The van der Waals surface area contributed by atoms with E-state index in [1.54, 1.807) is 6.07 Å². The second-order valence-corrected chi connectivity index (χ2v) is 5.63. The molecule has 1 rings (SSSR count). The Balaban J connectivity index is 2.69. The molecule has 2 atom stereocenters. The molecule has 1 aromatic rings. The third kappa shape index (κ3) is 4.52. The molecule has 0 heterocycles. The predicted molar refractivity (Wildman–Crippen MR) is 82.2 cm³/mol. The minimum Gasteiger partial charge on any atom is -0.478 e. The monoisotopic (exact) mass is 342 g/mol. The summed E-state index contributed by atoms with van der Waals surface area (Å²) in [5.41, 5.74) is 0.694. The number of carboxylic acid groups (broad SMARTS) is 1. The highest BCUT2D eigenvalue weighted by Crippen LogP contribution is 2.23. The summed E-state index contributed by atoms with van der Waals surface area (Å²) in [6.07, 6.45) is 0.985. The number of carbonyl (C=O) groups is 2. The van der Waals surface area contributed by atoms with E-state index in [4.69, 9.17) is 5.11 Å². The molecule has 0 aromatic heterocycles. The normalized spacial score (nSPS) is 13.4. The molecular weight excluding hydrogens is 324 g/mol. The molecule has 3 N–H and O–H groups in total. The molecular formula is C14H19BrN2O3. The summed E-state index contributed by atoms with van der Waals surface area (Å²) in [7, 11) is 0. The number of rotatable bonds is 5. The summed E-state index contributed by atoms with van der Waals surface area (Å²) < 4.78 is 0.531. The highest BCUT2D eigenvalue weighted by atomic mass is 79.9. The molecule has 20 heavy (non-hydrogen) atoms. The minimum atomic E-state index is -1.01. The summed E-state index contributed by atoms with van der Waals surface area (Å²) in [6, 6.07) is 4.22. The Labute approximate surface area is 126 Å². The van der Waals surface area contributed by atoms with Crippen molar-refractivity contribution in [3.8, 4) is 0 Å². The van der Waals surface area contributed by atoms with Gasteiger partial charge in [-0.3, -0.25) is 0 Å². The van der Waals surface area contributed by atoms with Crippen molar-refractivity contribution in [1.82, 2.24) is 5.32 Å². The van der Waals surface area contributed by atoms with Crippen LogP contribution in [0.15, 0.2) is 22.7 Å². The molecule has 110 valence electrons. The van der Waals surface area contributed by atoms with Crippen molar-refractivity contribution in [2.45, 2.75) is 33.2 Å². The molecule has 0 aliphatic heterocycles. The van der Waals surface area contributed by atoms with Crippen LogP contribution < -0.4 is 10.6 Å². The average Bonchev–Trinajstić information content (AvgIpc) is 2.39. The quantitative estimate of drug-likeness (QED) is 0.763. The third-order valence-electron chi connectivity index (χ3n) is 3.32. The van der Waals surface area contributed by atoms with Gasteiger partial charge in [0.25, 0.3) is 0 Å². The van der Waals surface area contributed by atoms with Crippen LogP contribution >= 0.6 is 15.9 Å². The molecule has 2 amide bonds. The summed E-state index contributed by atoms with van der Waals surface area (Å²) in [5, 5.41) is 14.4. The summed E-state index contributed by atoms with van der Waals surface area (Å²) in [6.45, 7) is 6.10. The minimum absolute atomic E-state index is 0.0667. The van der Waals surface area contributed by atoms with Gasteiger partial charge in [-0.25, -0.2) is 9.59 Å². The van der Waals surface area contributed by atoms with E-state index in [-0.39, 0.29) is 17.6 Å². The topological polar surface area (TPSA) is 78.4 Å². The second-order valence-electron chi connectivity index (χ2n) is 4.77. The lowest BCUT2D eigenvalue weighted by atomic mass is 10.0. The molecule has 0 saturated carbocycles. The SMILES string of the molecule is CCC(C)C(C)NC(=O)Nc1ccc(C(=O)O)cc1Br. The molecule has 0 fully saturated rings. The van der Waals surface area contributed by atoms with Gasteiger partial charge in [0.05, 0.1) is 11.3 Å². The number of aromatic carboxylic acids is 1. The maximum Gasteiger partial charge on any atom is 0.335 e. The number of benzene rings is 1. The maximum absolute atomic E-state index is 11.9. The summed E-state index contributed by atoms with van der Waals surface area (Å²) >= 11 is 3.25. The van der Waals surface area contributed by atoms with Gasteiger partial charge in [0.2, 0.25) is 0 Å². The number of carboxylic acids is 1. The van der Waals surface area contributed by atoms with Crippen molar-refractivity contribution in [2.24, 2.45) is 5.92 Å². The van der Waals surface area contributed by atoms with Crippen LogP contribution in [0.3, 0.4) is 0 Å². The first kappa shape index (κ1) is 16.5.